The first-order chi connectivity index (χ1) is 17.3. The number of anilines is 1. The maximum Gasteiger partial charge on any atom is 0.269 e. The molecule has 0 saturated heterocycles. The summed E-state index contributed by atoms with van der Waals surface area (Å²) >= 11 is 22.4. The van der Waals surface area contributed by atoms with Gasteiger partial charge in [-0.05, 0) is 40.2 Å². The molecule has 8 nitrogen and oxygen atoms in total. The standard InChI is InChI=1S/C24H18BrCl3N4O4/c1-35-6-7-36-24-15(8-12(25)11-29-24)22(33)32-21-23(34)30-18-5-3-2-4-14(18)20(31-21)19-16(27)9-13(26)10-17(19)28/h2-5,8-11,21H,6-7H2,1H3,(H,30,34)(H,32,33). The van der Waals surface area contributed by atoms with Crippen molar-refractivity contribution in [1.29, 1.82) is 0 Å². The predicted molar refractivity (Wildman–Crippen MR) is 143 cm³/mol. The van der Waals surface area contributed by atoms with Crippen LogP contribution in [0, 0.1) is 0 Å². The fourth-order valence-electron chi connectivity index (χ4n) is 3.45. The molecular formula is C24H18BrCl3N4O4. The van der Waals surface area contributed by atoms with Crippen LogP contribution in [0.2, 0.25) is 15.1 Å². The smallest absolute Gasteiger partial charge is 0.269 e. The van der Waals surface area contributed by atoms with Gasteiger partial charge in [-0.3, -0.25) is 9.59 Å². The number of benzene rings is 2. The number of carbonyl (C=O) groups excluding carboxylic acids is 2. The highest BCUT2D eigenvalue weighted by Crippen LogP contribution is 2.34. The molecule has 0 spiro atoms. The van der Waals surface area contributed by atoms with Crippen LogP contribution in [-0.2, 0) is 9.53 Å². The van der Waals surface area contributed by atoms with E-state index in [1.165, 1.54) is 31.5 Å². The number of methoxy groups -OCH3 is 1. The van der Waals surface area contributed by atoms with Crippen molar-refractivity contribution in [3.8, 4) is 5.88 Å². The van der Waals surface area contributed by atoms with Crippen LogP contribution >= 0.6 is 50.7 Å². The van der Waals surface area contributed by atoms with Crippen LogP contribution in [0.1, 0.15) is 21.5 Å². The summed E-state index contributed by atoms with van der Waals surface area (Å²) in [5, 5.41) is 6.27. The molecule has 0 saturated carbocycles. The van der Waals surface area contributed by atoms with Gasteiger partial charge in [0.2, 0.25) is 12.0 Å². The number of aliphatic imine (C=N–C) groups is 1. The Morgan fingerprint density at radius 1 is 1.14 bits per heavy atom. The number of halogens is 4. The molecule has 1 aromatic heterocycles. The first kappa shape index (κ1) is 26.4. The number of pyridine rings is 1. The molecular weight excluding hydrogens is 595 g/mol. The van der Waals surface area contributed by atoms with E-state index in [0.29, 0.717) is 38.6 Å². The minimum atomic E-state index is -1.33. The fraction of sp³-hybridized carbons (Fsp3) is 0.167. The Morgan fingerprint density at radius 2 is 1.86 bits per heavy atom. The normalized spacial score (nSPS) is 14.9. The van der Waals surface area contributed by atoms with E-state index >= 15 is 0 Å². The van der Waals surface area contributed by atoms with E-state index in [1.807, 2.05) is 0 Å². The number of hydrogen-bond acceptors (Lipinski definition) is 6. The van der Waals surface area contributed by atoms with Crippen LogP contribution in [0.25, 0.3) is 0 Å². The lowest BCUT2D eigenvalue weighted by molar-refractivity contribution is -0.117. The second-order valence-electron chi connectivity index (χ2n) is 7.48. The van der Waals surface area contributed by atoms with Gasteiger partial charge in [-0.15, -0.1) is 0 Å². The van der Waals surface area contributed by atoms with E-state index in [9.17, 15) is 9.59 Å². The fourth-order valence-corrected chi connectivity index (χ4v) is 4.78. The Hall–Kier alpha value is -2.69. The molecule has 0 fully saturated rings. The van der Waals surface area contributed by atoms with Crippen molar-refractivity contribution in [2.45, 2.75) is 6.17 Å². The largest absolute Gasteiger partial charge is 0.475 e. The molecule has 12 heteroatoms. The molecule has 1 atom stereocenters. The quantitative estimate of drug-likeness (QED) is 0.349. The molecule has 0 radical (unpaired) electrons. The summed E-state index contributed by atoms with van der Waals surface area (Å²) in [7, 11) is 1.53. The molecule has 186 valence electrons. The third kappa shape index (κ3) is 5.82. The number of para-hydroxylation sites is 1. The maximum absolute atomic E-state index is 13.3. The number of amides is 2. The van der Waals surface area contributed by atoms with E-state index in [4.69, 9.17) is 44.3 Å². The van der Waals surface area contributed by atoms with E-state index in [2.05, 4.69) is 36.5 Å². The molecule has 2 amide bonds. The summed E-state index contributed by atoms with van der Waals surface area (Å²) in [5.41, 5.74) is 1.84. The minimum Gasteiger partial charge on any atom is -0.475 e. The van der Waals surface area contributed by atoms with Gasteiger partial charge in [0.25, 0.3) is 11.8 Å². The molecule has 2 aromatic carbocycles. The third-order valence-electron chi connectivity index (χ3n) is 5.05. The molecule has 1 unspecified atom stereocenters. The molecule has 1 aliphatic heterocycles. The summed E-state index contributed by atoms with van der Waals surface area (Å²) < 4.78 is 11.1. The highest BCUT2D eigenvalue weighted by molar-refractivity contribution is 9.10. The van der Waals surface area contributed by atoms with Crippen molar-refractivity contribution in [3.63, 3.8) is 0 Å². The number of rotatable bonds is 7. The lowest BCUT2D eigenvalue weighted by atomic mass is 10.0. The van der Waals surface area contributed by atoms with Crippen molar-refractivity contribution >= 4 is 73.9 Å². The average Bonchev–Trinajstić information content (AvgIpc) is 2.96. The molecule has 36 heavy (non-hydrogen) atoms. The summed E-state index contributed by atoms with van der Waals surface area (Å²) in [5.74, 6) is -1.10. The monoisotopic (exact) mass is 610 g/mol. The summed E-state index contributed by atoms with van der Waals surface area (Å²) in [6.07, 6.45) is 0.169. The minimum absolute atomic E-state index is 0.0815. The van der Waals surface area contributed by atoms with E-state index in [1.54, 1.807) is 24.3 Å². The van der Waals surface area contributed by atoms with Crippen molar-refractivity contribution in [3.05, 3.63) is 84.9 Å². The van der Waals surface area contributed by atoms with Crippen molar-refractivity contribution in [1.82, 2.24) is 10.3 Å². The second kappa shape index (κ2) is 11.6. The Labute approximate surface area is 230 Å². The highest BCUT2D eigenvalue weighted by atomic mass is 79.9. The molecule has 2 heterocycles. The summed E-state index contributed by atoms with van der Waals surface area (Å²) in [4.78, 5) is 35.1. The van der Waals surface area contributed by atoms with E-state index < -0.39 is 18.0 Å². The number of nitrogens with zero attached hydrogens (tertiary/aromatic N) is 2. The number of carbonyl (C=O) groups is 2. The number of fused-ring (bicyclic) bond motifs is 1. The molecule has 4 rings (SSSR count). The molecule has 3 aromatic rings. The molecule has 0 aliphatic carbocycles. The van der Waals surface area contributed by atoms with Crippen LogP contribution in [-0.4, -0.2) is 49.0 Å². The van der Waals surface area contributed by atoms with Gasteiger partial charge < -0.3 is 20.1 Å². The van der Waals surface area contributed by atoms with Crippen LogP contribution in [0.5, 0.6) is 5.88 Å². The van der Waals surface area contributed by atoms with E-state index in [-0.39, 0.29) is 28.1 Å². The van der Waals surface area contributed by atoms with Crippen LogP contribution in [0.3, 0.4) is 0 Å². The van der Waals surface area contributed by atoms with Gasteiger partial charge in [-0.2, -0.15) is 0 Å². The Bertz CT molecular complexity index is 1350. The lowest BCUT2D eigenvalue weighted by Gasteiger charge is -2.16. The van der Waals surface area contributed by atoms with Gasteiger partial charge in [0.05, 0.1) is 28.1 Å². The molecule has 2 N–H and O–H groups in total. The van der Waals surface area contributed by atoms with Crippen LogP contribution < -0.4 is 15.4 Å². The highest BCUT2D eigenvalue weighted by Gasteiger charge is 2.30. The van der Waals surface area contributed by atoms with Gasteiger partial charge in [0.1, 0.15) is 12.2 Å². The molecule has 1 aliphatic rings. The Morgan fingerprint density at radius 3 is 2.58 bits per heavy atom. The molecule has 0 bridgehead atoms. The second-order valence-corrected chi connectivity index (χ2v) is 9.65. The van der Waals surface area contributed by atoms with Crippen molar-refractivity contribution in [2.75, 3.05) is 25.6 Å². The first-order valence-corrected chi connectivity index (χ1v) is 12.4. The number of aromatic nitrogens is 1. The number of ether oxygens (including phenoxy) is 2. The van der Waals surface area contributed by atoms with Crippen LogP contribution in [0.15, 0.2) is 58.1 Å². The van der Waals surface area contributed by atoms with Crippen molar-refractivity contribution in [2.24, 2.45) is 4.99 Å². The Balaban J connectivity index is 1.75. The van der Waals surface area contributed by atoms with Gasteiger partial charge in [-0.1, -0.05) is 53.0 Å². The zero-order chi connectivity index (χ0) is 25.8. The van der Waals surface area contributed by atoms with Crippen molar-refractivity contribution < 1.29 is 19.1 Å². The van der Waals surface area contributed by atoms with Crippen LogP contribution in [0.4, 0.5) is 5.69 Å². The van der Waals surface area contributed by atoms with Gasteiger partial charge in [0, 0.05) is 33.9 Å². The van der Waals surface area contributed by atoms with Gasteiger partial charge >= 0.3 is 0 Å². The average molecular weight is 613 g/mol. The zero-order valence-electron chi connectivity index (χ0n) is 18.6. The topological polar surface area (TPSA) is 102 Å². The first-order valence-electron chi connectivity index (χ1n) is 10.5. The lowest BCUT2D eigenvalue weighted by Crippen LogP contribution is -2.42. The third-order valence-corrected chi connectivity index (χ3v) is 6.29. The number of nitrogens with one attached hydrogen (secondary N) is 2. The predicted octanol–water partition coefficient (Wildman–Crippen LogP) is 5.38. The number of benzodiazepines with no additional fused rings is 1. The number of hydrogen-bond donors (Lipinski definition) is 2. The van der Waals surface area contributed by atoms with Gasteiger partial charge in [0.15, 0.2) is 0 Å². The van der Waals surface area contributed by atoms with E-state index in [0.717, 1.165) is 0 Å². The zero-order valence-corrected chi connectivity index (χ0v) is 22.5. The summed E-state index contributed by atoms with van der Waals surface area (Å²) in [6, 6.07) is 11.6. The van der Waals surface area contributed by atoms with Gasteiger partial charge in [-0.25, -0.2) is 9.98 Å². The Kier molecular flexibility index (Phi) is 8.48. The summed E-state index contributed by atoms with van der Waals surface area (Å²) in [6.45, 7) is 0.485. The SMILES string of the molecule is COCCOc1ncc(Br)cc1C(=O)NC1N=C(c2c(Cl)cc(Cl)cc2Cl)c2ccccc2NC1=O. The maximum atomic E-state index is 13.3.